The van der Waals surface area contributed by atoms with Gasteiger partial charge < -0.3 is 0 Å². The summed E-state index contributed by atoms with van der Waals surface area (Å²) in [7, 11) is -3.76. The number of benzene rings is 2. The third kappa shape index (κ3) is 3.21. The number of aryl methyl sites for hydroxylation is 1. The lowest BCUT2D eigenvalue weighted by Gasteiger charge is -2.17. The molecule has 0 radical (unpaired) electrons. The predicted molar refractivity (Wildman–Crippen MR) is 126 cm³/mol. The van der Waals surface area contributed by atoms with Crippen LogP contribution in [-0.4, -0.2) is 27.8 Å². The van der Waals surface area contributed by atoms with E-state index in [2.05, 4.69) is 43.6 Å². The second kappa shape index (κ2) is 6.94. The van der Waals surface area contributed by atoms with Crippen LogP contribution >= 0.6 is 0 Å². The van der Waals surface area contributed by atoms with Crippen LogP contribution in [0.2, 0.25) is 0 Å². The summed E-state index contributed by atoms with van der Waals surface area (Å²) in [5.41, 5.74) is 5.59. The fourth-order valence-electron chi connectivity index (χ4n) is 4.72. The number of nitrogens with two attached hydrogens (primary N) is 1. The molecule has 164 valence electrons. The zero-order valence-electron chi connectivity index (χ0n) is 17.9. The van der Waals surface area contributed by atoms with Crippen LogP contribution in [0.1, 0.15) is 29.7 Å². The topological polar surface area (TPSA) is 103 Å². The highest BCUT2D eigenvalue weighted by atomic mass is 32.2. The smallest absolute Gasteiger partial charge is 0.238 e. The van der Waals surface area contributed by atoms with Gasteiger partial charge in [0.25, 0.3) is 0 Å². The molecule has 0 atom stereocenters. The molecular weight excluding hydrogens is 434 g/mol. The third-order valence-corrected chi connectivity index (χ3v) is 7.65. The van der Waals surface area contributed by atoms with Gasteiger partial charge in [0.05, 0.1) is 22.3 Å². The molecule has 5 aromatic rings. The summed E-state index contributed by atoms with van der Waals surface area (Å²) in [5.74, 6) is 0.639. The van der Waals surface area contributed by atoms with Crippen molar-refractivity contribution in [1.82, 2.24) is 19.4 Å². The Bertz CT molecular complexity index is 1670. The van der Waals surface area contributed by atoms with Crippen LogP contribution < -0.4 is 5.14 Å². The van der Waals surface area contributed by atoms with Gasteiger partial charge in [0.15, 0.2) is 0 Å². The summed E-state index contributed by atoms with van der Waals surface area (Å²) in [4.78, 5) is 13.7. The Morgan fingerprint density at radius 1 is 0.970 bits per heavy atom. The van der Waals surface area contributed by atoms with Gasteiger partial charge in [-0.2, -0.15) is 0 Å². The Morgan fingerprint density at radius 2 is 1.79 bits per heavy atom. The average Bonchev–Trinajstić information content (AvgIpc) is 3.50. The van der Waals surface area contributed by atoms with Crippen molar-refractivity contribution in [2.75, 3.05) is 0 Å². The molecule has 0 unspecified atom stereocenters. The molecule has 7 nitrogen and oxygen atoms in total. The van der Waals surface area contributed by atoms with E-state index >= 15 is 0 Å². The normalized spacial score (nSPS) is 15.2. The SMILES string of the molecule is Cc1cc(-c2cnc3ncc(C4(c5ccc6ncccc6c5)CC4)n3c2)ccc1S(N)(=O)=O. The fraction of sp³-hybridized carbons (Fsp3) is 0.160. The van der Waals surface area contributed by atoms with Gasteiger partial charge in [0.1, 0.15) is 0 Å². The van der Waals surface area contributed by atoms with Crippen LogP contribution in [0, 0.1) is 6.92 Å². The molecule has 8 heteroatoms. The van der Waals surface area contributed by atoms with Crippen LogP contribution in [0.5, 0.6) is 0 Å². The first-order valence-corrected chi connectivity index (χ1v) is 12.2. The van der Waals surface area contributed by atoms with Gasteiger partial charge in [-0.1, -0.05) is 18.2 Å². The third-order valence-electron chi connectivity index (χ3n) is 6.58. The lowest BCUT2D eigenvalue weighted by molar-refractivity contribution is 0.597. The van der Waals surface area contributed by atoms with E-state index in [1.807, 2.05) is 30.7 Å². The summed E-state index contributed by atoms with van der Waals surface area (Å²) in [6.07, 6.45) is 9.60. The first-order chi connectivity index (χ1) is 15.8. The average molecular weight is 456 g/mol. The van der Waals surface area contributed by atoms with Gasteiger partial charge in [-0.25, -0.2) is 23.5 Å². The van der Waals surface area contributed by atoms with E-state index in [0.29, 0.717) is 11.3 Å². The lowest BCUT2D eigenvalue weighted by atomic mass is 9.91. The van der Waals surface area contributed by atoms with Crippen molar-refractivity contribution in [2.45, 2.75) is 30.1 Å². The van der Waals surface area contributed by atoms with Crippen molar-refractivity contribution in [2.24, 2.45) is 5.14 Å². The second-order valence-corrected chi connectivity index (χ2v) is 10.2. The van der Waals surface area contributed by atoms with Gasteiger partial charge >= 0.3 is 0 Å². The standard InChI is InChI=1S/C25H21N5O2S/c1-16-11-17(4-7-22(16)33(26,31)32)19-13-28-24-29-14-23(30(24)15-19)25(8-9-25)20-5-6-21-18(12-20)3-2-10-27-21/h2-7,10-15H,8-9H2,1H3,(H2,26,31,32). The first-order valence-electron chi connectivity index (χ1n) is 10.7. The van der Waals surface area contributed by atoms with Gasteiger partial charge in [-0.15, -0.1) is 0 Å². The highest BCUT2D eigenvalue weighted by Crippen LogP contribution is 2.53. The zero-order chi connectivity index (χ0) is 22.8. The fourth-order valence-corrected chi connectivity index (χ4v) is 5.48. The molecule has 1 fully saturated rings. The van der Waals surface area contributed by atoms with Crippen molar-refractivity contribution >= 4 is 26.7 Å². The van der Waals surface area contributed by atoms with E-state index in [1.165, 1.54) is 5.56 Å². The Balaban J connectivity index is 1.46. The van der Waals surface area contributed by atoms with Crippen molar-refractivity contribution in [3.05, 3.63) is 90.1 Å². The van der Waals surface area contributed by atoms with Crippen LogP contribution in [-0.2, 0) is 15.4 Å². The quantitative estimate of drug-likeness (QED) is 0.441. The van der Waals surface area contributed by atoms with E-state index in [-0.39, 0.29) is 10.3 Å². The minimum absolute atomic E-state index is 0.100. The molecule has 0 saturated heterocycles. The molecular formula is C25H21N5O2S. The molecule has 1 saturated carbocycles. The molecule has 0 bridgehead atoms. The number of aromatic nitrogens is 4. The molecule has 2 aromatic carbocycles. The van der Waals surface area contributed by atoms with Crippen molar-refractivity contribution in [3.8, 4) is 11.1 Å². The number of rotatable bonds is 4. The Labute approximate surface area is 191 Å². The molecule has 33 heavy (non-hydrogen) atoms. The van der Waals surface area contributed by atoms with E-state index in [1.54, 1.807) is 25.3 Å². The minimum Gasteiger partial charge on any atom is -0.287 e. The molecule has 0 amide bonds. The monoisotopic (exact) mass is 455 g/mol. The largest absolute Gasteiger partial charge is 0.287 e. The molecule has 2 N–H and O–H groups in total. The molecule has 0 aliphatic heterocycles. The van der Waals surface area contributed by atoms with Crippen molar-refractivity contribution in [3.63, 3.8) is 0 Å². The van der Waals surface area contributed by atoms with Crippen LogP contribution in [0.4, 0.5) is 0 Å². The maximum absolute atomic E-state index is 11.8. The summed E-state index contributed by atoms with van der Waals surface area (Å²) in [5, 5.41) is 6.44. The maximum atomic E-state index is 11.8. The van der Waals surface area contributed by atoms with E-state index < -0.39 is 10.0 Å². The number of imidazole rings is 1. The van der Waals surface area contributed by atoms with Crippen LogP contribution in [0.25, 0.3) is 27.8 Å². The molecule has 3 heterocycles. The first kappa shape index (κ1) is 20.0. The highest BCUT2D eigenvalue weighted by molar-refractivity contribution is 7.89. The summed E-state index contributed by atoms with van der Waals surface area (Å²) >= 11 is 0. The number of sulfonamides is 1. The number of primary sulfonamides is 1. The molecule has 1 aliphatic rings. The number of hydrogen-bond donors (Lipinski definition) is 1. The molecule has 3 aromatic heterocycles. The number of hydrogen-bond acceptors (Lipinski definition) is 5. The van der Waals surface area contributed by atoms with Gasteiger partial charge in [0.2, 0.25) is 15.8 Å². The maximum Gasteiger partial charge on any atom is 0.238 e. The van der Waals surface area contributed by atoms with E-state index in [9.17, 15) is 8.42 Å². The molecule has 6 rings (SSSR count). The van der Waals surface area contributed by atoms with Crippen LogP contribution in [0.3, 0.4) is 0 Å². The van der Waals surface area contributed by atoms with E-state index in [0.717, 1.165) is 40.6 Å². The number of nitrogens with zero attached hydrogens (tertiary/aromatic N) is 4. The van der Waals surface area contributed by atoms with Gasteiger partial charge in [0, 0.05) is 35.0 Å². The summed E-state index contributed by atoms with van der Waals surface area (Å²) in [6.45, 7) is 1.74. The summed E-state index contributed by atoms with van der Waals surface area (Å²) < 4.78 is 25.6. The Hall–Kier alpha value is -3.62. The molecule has 1 aliphatic carbocycles. The number of pyridine rings is 1. The molecule has 0 spiro atoms. The van der Waals surface area contributed by atoms with E-state index in [4.69, 9.17) is 5.14 Å². The van der Waals surface area contributed by atoms with Gasteiger partial charge in [-0.3, -0.25) is 9.38 Å². The Morgan fingerprint density at radius 3 is 2.55 bits per heavy atom. The van der Waals surface area contributed by atoms with Gasteiger partial charge in [-0.05, 0) is 66.8 Å². The van der Waals surface area contributed by atoms with Crippen molar-refractivity contribution in [1.29, 1.82) is 0 Å². The highest BCUT2D eigenvalue weighted by Gasteiger charge is 2.48. The number of fused-ring (bicyclic) bond motifs is 2. The van der Waals surface area contributed by atoms with Crippen molar-refractivity contribution < 1.29 is 8.42 Å². The summed E-state index contributed by atoms with van der Waals surface area (Å²) in [6, 6.07) is 15.6. The predicted octanol–water partition coefficient (Wildman–Crippen LogP) is 3.98. The second-order valence-electron chi connectivity index (χ2n) is 8.67. The zero-order valence-corrected chi connectivity index (χ0v) is 18.7. The van der Waals surface area contributed by atoms with Crippen LogP contribution in [0.15, 0.2) is 78.2 Å². The Kier molecular flexibility index (Phi) is 4.21. The minimum atomic E-state index is -3.76. The lowest BCUT2D eigenvalue weighted by Crippen LogP contribution is -2.13.